The van der Waals surface area contributed by atoms with Crippen LogP contribution in [0.2, 0.25) is 0 Å². The lowest BCUT2D eigenvalue weighted by Gasteiger charge is -2.35. The van der Waals surface area contributed by atoms with Gasteiger partial charge in [-0.25, -0.2) is 0 Å². The normalized spacial score (nSPS) is 34.8. The summed E-state index contributed by atoms with van der Waals surface area (Å²) < 4.78 is 5.09. The zero-order valence-corrected chi connectivity index (χ0v) is 11.0. The number of hydrogen-bond donors (Lipinski definition) is 4. The predicted molar refractivity (Wildman–Crippen MR) is 67.4 cm³/mol. The van der Waals surface area contributed by atoms with Gasteiger partial charge in [0.15, 0.2) is 0 Å². The second kappa shape index (κ2) is 6.17. The van der Waals surface area contributed by atoms with Crippen LogP contribution in [0.25, 0.3) is 0 Å². The van der Waals surface area contributed by atoms with Gasteiger partial charge in [0.1, 0.15) is 12.2 Å². The summed E-state index contributed by atoms with van der Waals surface area (Å²) >= 11 is 0. The Morgan fingerprint density at radius 2 is 1.89 bits per heavy atom. The molecule has 19 heavy (non-hydrogen) atoms. The quantitative estimate of drug-likeness (QED) is 0.545. The Morgan fingerprint density at radius 1 is 1.21 bits per heavy atom. The number of aliphatic hydroxyl groups is 3. The van der Waals surface area contributed by atoms with E-state index in [2.05, 4.69) is 5.32 Å². The minimum Gasteiger partial charge on any atom is -0.389 e. The molecule has 4 N–H and O–H groups in total. The van der Waals surface area contributed by atoms with E-state index in [4.69, 9.17) is 4.74 Å². The highest BCUT2D eigenvalue weighted by atomic mass is 16.5. The lowest BCUT2D eigenvalue weighted by atomic mass is 9.82. The van der Waals surface area contributed by atoms with Crippen LogP contribution in [0.5, 0.6) is 0 Å². The molecule has 1 saturated heterocycles. The molecule has 1 aliphatic carbocycles. The van der Waals surface area contributed by atoms with Crippen molar-refractivity contribution in [3.63, 3.8) is 0 Å². The Bertz CT molecular complexity index is 316. The van der Waals surface area contributed by atoms with Gasteiger partial charge in [-0.15, -0.1) is 0 Å². The molecule has 1 aliphatic heterocycles. The number of carbonyl (C=O) groups is 1. The Balaban J connectivity index is 1.83. The Labute approximate surface area is 112 Å². The molecular weight excluding hydrogens is 250 g/mol. The van der Waals surface area contributed by atoms with Gasteiger partial charge >= 0.3 is 0 Å². The van der Waals surface area contributed by atoms with Crippen molar-refractivity contribution in [2.45, 2.75) is 62.4 Å². The average Bonchev–Trinajstić information content (AvgIpc) is 2.35. The van der Waals surface area contributed by atoms with E-state index in [1.54, 1.807) is 0 Å². The standard InChI is InChI=1S/C13H23NO5/c15-10-8-19-7-9(12(10)17)14-11(16)6-13(18)4-2-1-3-5-13/h9-10,12,15,17-18H,1-8H2,(H,14,16)/t9-,10-,12+/m1/s1. The molecule has 0 bridgehead atoms. The van der Waals surface area contributed by atoms with Crippen molar-refractivity contribution in [1.29, 1.82) is 0 Å². The topological polar surface area (TPSA) is 99.0 Å². The first kappa shape index (κ1) is 14.7. The summed E-state index contributed by atoms with van der Waals surface area (Å²) in [6, 6.07) is -0.608. The maximum Gasteiger partial charge on any atom is 0.223 e. The Kier molecular flexibility index (Phi) is 4.78. The second-order valence-corrected chi connectivity index (χ2v) is 5.73. The summed E-state index contributed by atoms with van der Waals surface area (Å²) in [6.45, 7) is 0.264. The van der Waals surface area contributed by atoms with Crippen molar-refractivity contribution in [3.8, 4) is 0 Å². The number of carbonyl (C=O) groups excluding carboxylic acids is 1. The van der Waals surface area contributed by atoms with E-state index in [-0.39, 0.29) is 25.5 Å². The van der Waals surface area contributed by atoms with Gasteiger partial charge in [-0.1, -0.05) is 19.3 Å². The van der Waals surface area contributed by atoms with E-state index in [0.29, 0.717) is 12.8 Å². The van der Waals surface area contributed by atoms with Crippen LogP contribution in [0.15, 0.2) is 0 Å². The number of amides is 1. The van der Waals surface area contributed by atoms with E-state index in [1.807, 2.05) is 0 Å². The van der Waals surface area contributed by atoms with Gasteiger partial charge in [-0.3, -0.25) is 4.79 Å². The van der Waals surface area contributed by atoms with Crippen LogP contribution in [0.4, 0.5) is 0 Å². The molecule has 1 heterocycles. The molecule has 3 atom stereocenters. The number of hydrogen-bond acceptors (Lipinski definition) is 5. The van der Waals surface area contributed by atoms with Crippen molar-refractivity contribution in [2.24, 2.45) is 0 Å². The van der Waals surface area contributed by atoms with Gasteiger partial charge in [0, 0.05) is 0 Å². The maximum atomic E-state index is 11.9. The molecular formula is C13H23NO5. The lowest BCUT2D eigenvalue weighted by Crippen LogP contribution is -2.56. The molecule has 0 aromatic heterocycles. The second-order valence-electron chi connectivity index (χ2n) is 5.73. The molecule has 1 amide bonds. The Morgan fingerprint density at radius 3 is 2.58 bits per heavy atom. The van der Waals surface area contributed by atoms with Crippen LogP contribution < -0.4 is 5.32 Å². The largest absolute Gasteiger partial charge is 0.389 e. The van der Waals surface area contributed by atoms with Crippen molar-refractivity contribution in [3.05, 3.63) is 0 Å². The van der Waals surface area contributed by atoms with Crippen molar-refractivity contribution in [1.82, 2.24) is 5.32 Å². The van der Waals surface area contributed by atoms with Crippen molar-refractivity contribution in [2.75, 3.05) is 13.2 Å². The molecule has 0 aromatic carbocycles. The Hall–Kier alpha value is -0.690. The fraction of sp³-hybridized carbons (Fsp3) is 0.923. The van der Waals surface area contributed by atoms with Gasteiger partial charge in [0.05, 0.1) is 31.3 Å². The zero-order valence-electron chi connectivity index (χ0n) is 11.0. The highest BCUT2D eigenvalue weighted by molar-refractivity contribution is 5.77. The van der Waals surface area contributed by atoms with E-state index in [9.17, 15) is 20.1 Å². The summed E-state index contributed by atoms with van der Waals surface area (Å²) in [5.41, 5.74) is -0.915. The number of aliphatic hydroxyl groups excluding tert-OH is 2. The van der Waals surface area contributed by atoms with Crippen molar-refractivity contribution < 1.29 is 24.9 Å². The van der Waals surface area contributed by atoms with Gasteiger partial charge in [-0.05, 0) is 12.8 Å². The number of nitrogens with one attached hydrogen (secondary N) is 1. The van der Waals surface area contributed by atoms with Crippen LogP contribution in [0, 0.1) is 0 Å². The summed E-state index contributed by atoms with van der Waals surface area (Å²) in [7, 11) is 0. The molecule has 6 nitrogen and oxygen atoms in total. The van der Waals surface area contributed by atoms with Crippen LogP contribution in [0.3, 0.4) is 0 Å². The molecule has 6 heteroatoms. The molecule has 0 spiro atoms. The van der Waals surface area contributed by atoms with Gasteiger partial charge < -0.3 is 25.4 Å². The molecule has 2 fully saturated rings. The van der Waals surface area contributed by atoms with Crippen LogP contribution in [-0.2, 0) is 9.53 Å². The van der Waals surface area contributed by atoms with E-state index >= 15 is 0 Å². The monoisotopic (exact) mass is 273 g/mol. The molecule has 1 saturated carbocycles. The molecule has 0 radical (unpaired) electrons. The average molecular weight is 273 g/mol. The third-order valence-electron chi connectivity index (χ3n) is 4.01. The van der Waals surface area contributed by atoms with Gasteiger partial charge in [0.25, 0.3) is 0 Å². The molecule has 0 aromatic rings. The predicted octanol–water partition coefficient (Wildman–Crippen LogP) is -0.692. The summed E-state index contributed by atoms with van der Waals surface area (Å²) in [5.74, 6) is -0.300. The minimum atomic E-state index is -1.02. The van der Waals surface area contributed by atoms with Gasteiger partial charge in [-0.2, -0.15) is 0 Å². The summed E-state index contributed by atoms with van der Waals surface area (Å²) in [5, 5.41) is 32.1. The van der Waals surface area contributed by atoms with Crippen LogP contribution >= 0.6 is 0 Å². The smallest absolute Gasteiger partial charge is 0.223 e. The summed E-state index contributed by atoms with van der Waals surface area (Å²) in [6.07, 6.45) is 2.34. The van der Waals surface area contributed by atoms with Crippen LogP contribution in [0.1, 0.15) is 38.5 Å². The molecule has 110 valence electrons. The highest BCUT2D eigenvalue weighted by Crippen LogP contribution is 2.30. The fourth-order valence-corrected chi connectivity index (χ4v) is 2.85. The first-order valence-corrected chi connectivity index (χ1v) is 6.96. The van der Waals surface area contributed by atoms with Crippen molar-refractivity contribution >= 4 is 5.91 Å². The third-order valence-corrected chi connectivity index (χ3v) is 4.01. The molecule has 2 aliphatic rings. The third kappa shape index (κ3) is 3.89. The molecule has 2 rings (SSSR count). The summed E-state index contributed by atoms with van der Waals surface area (Å²) in [4.78, 5) is 11.9. The van der Waals surface area contributed by atoms with E-state index < -0.39 is 23.9 Å². The number of rotatable bonds is 3. The van der Waals surface area contributed by atoms with Gasteiger partial charge in [0.2, 0.25) is 5.91 Å². The first-order valence-electron chi connectivity index (χ1n) is 6.96. The first-order chi connectivity index (χ1) is 9.00. The zero-order chi connectivity index (χ0) is 13.9. The molecule has 0 unspecified atom stereocenters. The van der Waals surface area contributed by atoms with E-state index in [1.165, 1.54) is 0 Å². The van der Waals surface area contributed by atoms with E-state index in [0.717, 1.165) is 19.3 Å². The fourth-order valence-electron chi connectivity index (χ4n) is 2.85. The highest BCUT2D eigenvalue weighted by Gasteiger charge is 2.35. The van der Waals surface area contributed by atoms with Crippen LogP contribution in [-0.4, -0.2) is 58.3 Å². The maximum absolute atomic E-state index is 11.9. The number of ether oxygens (including phenoxy) is 1. The lowest BCUT2D eigenvalue weighted by molar-refractivity contribution is -0.136. The minimum absolute atomic E-state index is 0.0479. The SMILES string of the molecule is O=C(CC1(O)CCCCC1)N[C@@H]1COC[C@@H](O)[C@H]1O.